The average Bonchev–Trinajstić information content (AvgIpc) is 2.80. The standard InChI is InChI=1S/C15H19FN2O2S2/c1-3-9-22(19,20)17-8-7-14-11(2)18-15(21-14)12-5-4-6-13(16)10-12/h4-6,10,17H,3,7-9H2,1-2H3. The summed E-state index contributed by atoms with van der Waals surface area (Å²) in [6.45, 7) is 4.07. The molecular weight excluding hydrogens is 323 g/mol. The first-order chi connectivity index (χ1) is 10.4. The maximum Gasteiger partial charge on any atom is 0.211 e. The number of hydrogen-bond donors (Lipinski definition) is 1. The summed E-state index contributed by atoms with van der Waals surface area (Å²) in [5.74, 6) is -0.150. The Balaban J connectivity index is 2.05. The van der Waals surface area contributed by atoms with Crippen molar-refractivity contribution in [3.05, 3.63) is 40.7 Å². The fourth-order valence-corrected chi connectivity index (χ4v) is 4.22. The van der Waals surface area contributed by atoms with Crippen molar-refractivity contribution in [1.29, 1.82) is 0 Å². The molecule has 2 rings (SSSR count). The zero-order chi connectivity index (χ0) is 16.2. The van der Waals surface area contributed by atoms with Gasteiger partial charge in [0.2, 0.25) is 10.0 Å². The van der Waals surface area contributed by atoms with Crippen LogP contribution >= 0.6 is 11.3 Å². The van der Waals surface area contributed by atoms with Crippen molar-refractivity contribution in [3.8, 4) is 10.6 Å². The topological polar surface area (TPSA) is 59.1 Å². The average molecular weight is 342 g/mol. The highest BCUT2D eigenvalue weighted by Crippen LogP contribution is 2.28. The molecule has 0 fully saturated rings. The molecule has 0 aliphatic carbocycles. The number of hydrogen-bond acceptors (Lipinski definition) is 4. The highest BCUT2D eigenvalue weighted by Gasteiger charge is 2.12. The number of rotatable bonds is 7. The molecule has 4 nitrogen and oxygen atoms in total. The Bertz CT molecular complexity index is 742. The molecule has 0 aliphatic heterocycles. The molecule has 22 heavy (non-hydrogen) atoms. The second kappa shape index (κ2) is 7.30. The molecule has 0 unspecified atom stereocenters. The van der Waals surface area contributed by atoms with Crippen molar-refractivity contribution in [2.75, 3.05) is 12.3 Å². The maximum atomic E-state index is 13.3. The first-order valence-electron chi connectivity index (χ1n) is 7.11. The van der Waals surface area contributed by atoms with Gasteiger partial charge < -0.3 is 0 Å². The predicted molar refractivity (Wildman–Crippen MR) is 88.0 cm³/mol. The third kappa shape index (κ3) is 4.59. The van der Waals surface area contributed by atoms with E-state index in [9.17, 15) is 12.8 Å². The molecule has 1 aromatic carbocycles. The molecule has 0 saturated carbocycles. The summed E-state index contributed by atoms with van der Waals surface area (Å²) >= 11 is 1.47. The van der Waals surface area contributed by atoms with E-state index < -0.39 is 10.0 Å². The SMILES string of the molecule is CCCS(=O)(=O)NCCc1sc(-c2cccc(F)c2)nc1C. The molecule has 7 heteroatoms. The van der Waals surface area contributed by atoms with Crippen molar-refractivity contribution in [1.82, 2.24) is 9.71 Å². The van der Waals surface area contributed by atoms with E-state index in [1.165, 1.54) is 23.5 Å². The summed E-state index contributed by atoms with van der Waals surface area (Å²) < 4.78 is 39.1. The van der Waals surface area contributed by atoms with Gasteiger partial charge in [-0.05, 0) is 31.9 Å². The van der Waals surface area contributed by atoms with Crippen LogP contribution in [0.15, 0.2) is 24.3 Å². The van der Waals surface area contributed by atoms with E-state index in [1.54, 1.807) is 6.07 Å². The molecule has 0 aliphatic rings. The van der Waals surface area contributed by atoms with Gasteiger partial charge >= 0.3 is 0 Å². The van der Waals surface area contributed by atoms with E-state index in [-0.39, 0.29) is 11.6 Å². The number of nitrogens with zero attached hydrogens (tertiary/aromatic N) is 1. The minimum atomic E-state index is -3.18. The van der Waals surface area contributed by atoms with Crippen LogP contribution in [0.4, 0.5) is 4.39 Å². The van der Waals surface area contributed by atoms with Gasteiger partial charge in [0.25, 0.3) is 0 Å². The molecule has 120 valence electrons. The van der Waals surface area contributed by atoms with Crippen LogP contribution in [0.3, 0.4) is 0 Å². The summed E-state index contributed by atoms with van der Waals surface area (Å²) in [6.07, 6.45) is 1.18. The van der Waals surface area contributed by atoms with E-state index in [2.05, 4.69) is 9.71 Å². The Morgan fingerprint density at radius 3 is 2.82 bits per heavy atom. The van der Waals surface area contributed by atoms with Gasteiger partial charge in [-0.15, -0.1) is 11.3 Å². The lowest BCUT2D eigenvalue weighted by molar-refractivity contribution is 0.580. The van der Waals surface area contributed by atoms with Gasteiger partial charge in [0.05, 0.1) is 11.4 Å². The van der Waals surface area contributed by atoms with Crippen LogP contribution in [-0.4, -0.2) is 25.7 Å². The molecule has 0 amide bonds. The summed E-state index contributed by atoms with van der Waals surface area (Å²) in [6, 6.07) is 6.31. The van der Waals surface area contributed by atoms with Crippen molar-refractivity contribution in [2.45, 2.75) is 26.7 Å². The number of benzene rings is 1. The number of nitrogens with one attached hydrogen (secondary N) is 1. The minimum Gasteiger partial charge on any atom is -0.241 e. The fraction of sp³-hybridized carbons (Fsp3) is 0.400. The van der Waals surface area contributed by atoms with Crippen LogP contribution in [0, 0.1) is 12.7 Å². The lowest BCUT2D eigenvalue weighted by Crippen LogP contribution is -2.28. The first-order valence-corrected chi connectivity index (χ1v) is 9.57. The van der Waals surface area contributed by atoms with Crippen molar-refractivity contribution >= 4 is 21.4 Å². The molecule has 1 N–H and O–H groups in total. The quantitative estimate of drug-likeness (QED) is 0.841. The van der Waals surface area contributed by atoms with Crippen LogP contribution < -0.4 is 4.72 Å². The van der Waals surface area contributed by atoms with Gasteiger partial charge in [-0.3, -0.25) is 0 Å². The van der Waals surface area contributed by atoms with Crippen LogP contribution in [0.25, 0.3) is 10.6 Å². The lowest BCUT2D eigenvalue weighted by atomic mass is 10.2. The van der Waals surface area contributed by atoms with Crippen molar-refractivity contribution in [2.24, 2.45) is 0 Å². The van der Waals surface area contributed by atoms with E-state index in [0.29, 0.717) is 19.4 Å². The summed E-state index contributed by atoms with van der Waals surface area (Å²) in [5.41, 5.74) is 1.60. The van der Waals surface area contributed by atoms with Crippen LogP contribution in [0.2, 0.25) is 0 Å². The Kier molecular flexibility index (Phi) is 5.66. The van der Waals surface area contributed by atoms with Crippen LogP contribution in [0.5, 0.6) is 0 Å². The molecule has 0 atom stereocenters. The van der Waals surface area contributed by atoms with Crippen molar-refractivity contribution < 1.29 is 12.8 Å². The Hall–Kier alpha value is -1.31. The first kappa shape index (κ1) is 17.1. The monoisotopic (exact) mass is 342 g/mol. The predicted octanol–water partition coefficient (Wildman–Crippen LogP) is 3.13. The lowest BCUT2D eigenvalue weighted by Gasteiger charge is -2.04. The molecule has 0 spiro atoms. The van der Waals surface area contributed by atoms with Gasteiger partial charge in [0.15, 0.2) is 0 Å². The largest absolute Gasteiger partial charge is 0.241 e. The molecule has 0 saturated heterocycles. The number of halogens is 1. The highest BCUT2D eigenvalue weighted by molar-refractivity contribution is 7.89. The third-order valence-corrected chi connectivity index (χ3v) is 5.97. The molecule has 0 bridgehead atoms. The normalized spacial score (nSPS) is 11.8. The Morgan fingerprint density at radius 2 is 2.14 bits per heavy atom. The Labute approximate surface area is 134 Å². The zero-order valence-electron chi connectivity index (χ0n) is 12.6. The van der Waals surface area contributed by atoms with Gasteiger partial charge in [-0.1, -0.05) is 19.1 Å². The van der Waals surface area contributed by atoms with Crippen LogP contribution in [0.1, 0.15) is 23.9 Å². The summed E-state index contributed by atoms with van der Waals surface area (Å²) in [7, 11) is -3.18. The molecular formula is C15H19FN2O2S2. The van der Waals surface area contributed by atoms with E-state index in [4.69, 9.17) is 0 Å². The minimum absolute atomic E-state index is 0.142. The number of aryl methyl sites for hydroxylation is 1. The molecule has 1 aromatic heterocycles. The highest BCUT2D eigenvalue weighted by atomic mass is 32.2. The number of sulfonamides is 1. The van der Waals surface area contributed by atoms with Crippen LogP contribution in [-0.2, 0) is 16.4 Å². The number of aromatic nitrogens is 1. The second-order valence-corrected chi connectivity index (χ2v) is 8.01. The third-order valence-electron chi connectivity index (χ3n) is 3.11. The zero-order valence-corrected chi connectivity index (χ0v) is 14.2. The van der Waals surface area contributed by atoms with E-state index in [1.807, 2.05) is 19.9 Å². The van der Waals surface area contributed by atoms with E-state index >= 15 is 0 Å². The van der Waals surface area contributed by atoms with Gasteiger partial charge in [-0.25, -0.2) is 22.5 Å². The van der Waals surface area contributed by atoms with Crippen molar-refractivity contribution in [3.63, 3.8) is 0 Å². The van der Waals surface area contributed by atoms with Gasteiger partial charge in [0, 0.05) is 17.0 Å². The molecule has 1 heterocycles. The summed E-state index contributed by atoms with van der Waals surface area (Å²) in [5, 5.41) is 0.753. The fourth-order valence-electron chi connectivity index (χ4n) is 2.07. The second-order valence-electron chi connectivity index (χ2n) is 5.00. The van der Waals surface area contributed by atoms with E-state index in [0.717, 1.165) is 21.1 Å². The molecule has 2 aromatic rings. The summed E-state index contributed by atoms with van der Waals surface area (Å²) in [4.78, 5) is 5.46. The smallest absolute Gasteiger partial charge is 0.211 e. The maximum absolute atomic E-state index is 13.3. The molecule has 0 radical (unpaired) electrons. The Morgan fingerprint density at radius 1 is 1.36 bits per heavy atom. The van der Waals surface area contributed by atoms with Gasteiger partial charge in [0.1, 0.15) is 10.8 Å². The number of thiazole rings is 1. The van der Waals surface area contributed by atoms with Gasteiger partial charge in [-0.2, -0.15) is 0 Å².